The predicted octanol–water partition coefficient (Wildman–Crippen LogP) is 4.92. The van der Waals surface area contributed by atoms with Gasteiger partial charge in [0, 0.05) is 42.6 Å². The molecule has 3 aromatic heterocycles. The molecular formula is C26H24N8O. The Morgan fingerprint density at radius 2 is 2.00 bits per heavy atom. The highest BCUT2D eigenvalue weighted by atomic mass is 16.2. The molecule has 0 saturated heterocycles. The fourth-order valence-electron chi connectivity index (χ4n) is 4.43. The summed E-state index contributed by atoms with van der Waals surface area (Å²) in [5, 5.41) is 12.4. The molecule has 3 N–H and O–H groups in total. The summed E-state index contributed by atoms with van der Waals surface area (Å²) in [5.41, 5.74) is 5.73. The van der Waals surface area contributed by atoms with E-state index in [0.29, 0.717) is 13.1 Å². The molecular weight excluding hydrogens is 440 g/mol. The normalized spacial score (nSPS) is 13.7. The van der Waals surface area contributed by atoms with Gasteiger partial charge in [0.2, 0.25) is 0 Å². The summed E-state index contributed by atoms with van der Waals surface area (Å²) in [6, 6.07) is 17.8. The number of amides is 2. The monoisotopic (exact) mass is 464 g/mol. The molecule has 0 atom stereocenters. The lowest BCUT2D eigenvalue weighted by molar-refractivity contribution is 0.211. The summed E-state index contributed by atoms with van der Waals surface area (Å²) in [6.45, 7) is 1.21. The zero-order chi connectivity index (χ0) is 23.8. The van der Waals surface area contributed by atoms with Crippen molar-refractivity contribution in [1.29, 1.82) is 0 Å². The minimum atomic E-state index is -0.00455. The van der Waals surface area contributed by atoms with E-state index in [4.69, 9.17) is 0 Å². The van der Waals surface area contributed by atoms with E-state index in [1.807, 2.05) is 60.5 Å². The first-order valence-electron chi connectivity index (χ1n) is 11.5. The molecule has 174 valence electrons. The maximum atomic E-state index is 12.9. The van der Waals surface area contributed by atoms with Gasteiger partial charge >= 0.3 is 6.03 Å². The Bertz CT molecular complexity index is 1550. The van der Waals surface area contributed by atoms with Gasteiger partial charge in [0.25, 0.3) is 0 Å². The molecule has 35 heavy (non-hydrogen) atoms. The van der Waals surface area contributed by atoms with Crippen LogP contribution in [-0.2, 0) is 0 Å². The molecule has 0 radical (unpaired) electrons. The summed E-state index contributed by atoms with van der Waals surface area (Å²) in [5.74, 6) is 0.734. The molecule has 1 aliphatic rings. The van der Waals surface area contributed by atoms with Crippen LogP contribution in [0.4, 0.5) is 22.0 Å². The Hall–Kier alpha value is -4.66. The smallest absolute Gasteiger partial charge is 0.324 e. The summed E-state index contributed by atoms with van der Waals surface area (Å²) < 4.78 is 0. The number of carbonyl (C=O) groups excluding carboxylic acids is 1. The highest BCUT2D eigenvalue weighted by Crippen LogP contribution is 2.30. The Labute approximate surface area is 201 Å². The zero-order valence-electron chi connectivity index (χ0n) is 19.2. The van der Waals surface area contributed by atoms with E-state index in [1.165, 1.54) is 5.57 Å². The topological polar surface area (TPSA) is 106 Å². The van der Waals surface area contributed by atoms with Gasteiger partial charge in [-0.3, -0.25) is 10.00 Å². The summed E-state index contributed by atoms with van der Waals surface area (Å²) in [6.07, 6.45) is 6.22. The van der Waals surface area contributed by atoms with Crippen LogP contribution >= 0.6 is 0 Å². The van der Waals surface area contributed by atoms with Crippen LogP contribution in [0.2, 0.25) is 0 Å². The standard InChI is InChI=1S/C26H24N8O/c1-33(20-5-3-2-4-6-20)26(35)34-11-9-17(10-12-34)23-14-21-24(27-16-28-25(21)31-23)30-19-7-8-22-18(13-19)15-29-32-22/h2-9,13-16H,10-12H2,1H3,(H,29,32)(H2,27,28,30,31). The Kier molecular flexibility index (Phi) is 5.14. The fourth-order valence-corrected chi connectivity index (χ4v) is 4.43. The number of H-pyrrole nitrogens is 2. The molecule has 0 aliphatic carbocycles. The second-order valence-electron chi connectivity index (χ2n) is 8.57. The van der Waals surface area contributed by atoms with Gasteiger partial charge in [0.1, 0.15) is 17.8 Å². The van der Waals surface area contributed by atoms with Crippen molar-refractivity contribution in [1.82, 2.24) is 30.0 Å². The molecule has 0 unspecified atom stereocenters. The van der Waals surface area contributed by atoms with Gasteiger partial charge in [-0.25, -0.2) is 14.8 Å². The number of hydrogen-bond donors (Lipinski definition) is 3. The highest BCUT2D eigenvalue weighted by Gasteiger charge is 2.22. The number of para-hydroxylation sites is 1. The van der Waals surface area contributed by atoms with Crippen molar-refractivity contribution in [3.63, 3.8) is 0 Å². The van der Waals surface area contributed by atoms with E-state index in [2.05, 4.69) is 42.6 Å². The minimum Gasteiger partial charge on any atom is -0.340 e. The van der Waals surface area contributed by atoms with Gasteiger partial charge in [0.15, 0.2) is 0 Å². The maximum absolute atomic E-state index is 12.9. The first-order valence-corrected chi connectivity index (χ1v) is 11.5. The Morgan fingerprint density at radius 1 is 1.11 bits per heavy atom. The van der Waals surface area contributed by atoms with Gasteiger partial charge in [-0.2, -0.15) is 5.10 Å². The van der Waals surface area contributed by atoms with Crippen molar-refractivity contribution in [3.05, 3.63) is 78.9 Å². The average molecular weight is 465 g/mol. The van der Waals surface area contributed by atoms with E-state index in [9.17, 15) is 4.79 Å². The third kappa shape index (κ3) is 3.97. The molecule has 0 bridgehead atoms. The van der Waals surface area contributed by atoms with Crippen molar-refractivity contribution in [2.24, 2.45) is 0 Å². The van der Waals surface area contributed by atoms with Crippen molar-refractivity contribution >= 4 is 50.7 Å². The summed E-state index contributed by atoms with van der Waals surface area (Å²) in [4.78, 5) is 28.8. The second kappa shape index (κ2) is 8.60. The summed E-state index contributed by atoms with van der Waals surface area (Å²) in [7, 11) is 1.81. The SMILES string of the molecule is CN(C(=O)N1CC=C(c2cc3c(Nc4ccc5[nH]ncc5c4)ncnc3[nH]2)CC1)c1ccccc1. The number of anilines is 3. The minimum absolute atomic E-state index is 0.00455. The lowest BCUT2D eigenvalue weighted by atomic mass is 10.0. The van der Waals surface area contributed by atoms with Crippen LogP contribution in [0.15, 0.2) is 73.2 Å². The molecule has 9 nitrogen and oxygen atoms in total. The predicted molar refractivity (Wildman–Crippen MR) is 138 cm³/mol. The lowest BCUT2D eigenvalue weighted by Crippen LogP contribution is -2.43. The second-order valence-corrected chi connectivity index (χ2v) is 8.57. The first kappa shape index (κ1) is 20.9. The van der Waals surface area contributed by atoms with Crippen molar-refractivity contribution in [3.8, 4) is 0 Å². The van der Waals surface area contributed by atoms with Crippen molar-refractivity contribution < 1.29 is 4.79 Å². The van der Waals surface area contributed by atoms with Crippen LogP contribution in [0.5, 0.6) is 0 Å². The molecule has 9 heteroatoms. The Morgan fingerprint density at radius 3 is 2.83 bits per heavy atom. The van der Waals surface area contributed by atoms with Crippen LogP contribution in [0, 0.1) is 0 Å². The number of fused-ring (bicyclic) bond motifs is 2. The number of carbonyl (C=O) groups is 1. The first-order chi connectivity index (χ1) is 17.2. The third-order valence-electron chi connectivity index (χ3n) is 6.38. The van der Waals surface area contributed by atoms with E-state index < -0.39 is 0 Å². The molecule has 2 aromatic carbocycles. The molecule has 5 aromatic rings. The molecule has 1 aliphatic heterocycles. The van der Waals surface area contributed by atoms with E-state index in [-0.39, 0.29) is 6.03 Å². The summed E-state index contributed by atoms with van der Waals surface area (Å²) >= 11 is 0. The number of aromatic amines is 2. The number of hydrogen-bond acceptors (Lipinski definition) is 5. The number of rotatable bonds is 4. The number of benzene rings is 2. The van der Waals surface area contributed by atoms with Crippen LogP contribution < -0.4 is 10.2 Å². The van der Waals surface area contributed by atoms with Gasteiger partial charge < -0.3 is 15.2 Å². The third-order valence-corrected chi connectivity index (χ3v) is 6.38. The molecule has 0 saturated carbocycles. The van der Waals surface area contributed by atoms with Crippen LogP contribution in [0.3, 0.4) is 0 Å². The maximum Gasteiger partial charge on any atom is 0.324 e. The van der Waals surface area contributed by atoms with Crippen molar-refractivity contribution in [2.75, 3.05) is 30.4 Å². The number of aromatic nitrogens is 5. The van der Waals surface area contributed by atoms with Crippen molar-refractivity contribution in [2.45, 2.75) is 6.42 Å². The molecule has 6 rings (SSSR count). The molecule has 0 fully saturated rings. The fraction of sp³-hybridized carbons (Fsp3) is 0.154. The van der Waals surface area contributed by atoms with E-state index in [0.717, 1.165) is 51.2 Å². The zero-order valence-corrected chi connectivity index (χ0v) is 19.2. The lowest BCUT2D eigenvalue weighted by Gasteiger charge is -2.30. The van der Waals surface area contributed by atoms with Gasteiger partial charge in [-0.15, -0.1) is 0 Å². The van der Waals surface area contributed by atoms with E-state index >= 15 is 0 Å². The largest absolute Gasteiger partial charge is 0.340 e. The quantitative estimate of drug-likeness (QED) is 0.350. The van der Waals surface area contributed by atoms with Crippen LogP contribution in [0.1, 0.15) is 12.1 Å². The Balaban J connectivity index is 1.21. The average Bonchev–Trinajstić information content (AvgIpc) is 3.56. The van der Waals surface area contributed by atoms with Crippen LogP contribution in [0.25, 0.3) is 27.5 Å². The van der Waals surface area contributed by atoms with Gasteiger partial charge in [-0.1, -0.05) is 24.3 Å². The van der Waals surface area contributed by atoms with E-state index in [1.54, 1.807) is 17.4 Å². The number of urea groups is 1. The highest BCUT2D eigenvalue weighted by molar-refractivity contribution is 5.94. The molecule has 2 amide bonds. The molecule has 4 heterocycles. The van der Waals surface area contributed by atoms with Gasteiger partial charge in [-0.05, 0) is 48.4 Å². The van der Waals surface area contributed by atoms with Gasteiger partial charge in [0.05, 0.1) is 17.1 Å². The number of nitrogens with zero attached hydrogens (tertiary/aromatic N) is 5. The number of nitrogens with one attached hydrogen (secondary N) is 3. The van der Waals surface area contributed by atoms with Crippen LogP contribution in [-0.4, -0.2) is 56.2 Å². The molecule has 0 spiro atoms.